The zero-order chi connectivity index (χ0) is 16.0. The lowest BCUT2D eigenvalue weighted by Gasteiger charge is -2.06. The normalized spacial score (nSPS) is 11.0. The first kappa shape index (κ1) is 18.8. The van der Waals surface area contributed by atoms with Gasteiger partial charge in [0.1, 0.15) is 0 Å². The Morgan fingerprint density at radius 3 is 2.14 bits per heavy atom. The van der Waals surface area contributed by atoms with Crippen LogP contribution >= 0.6 is 0 Å². The summed E-state index contributed by atoms with van der Waals surface area (Å²) in [5.74, 6) is 0.0127. The van der Waals surface area contributed by atoms with Crippen LogP contribution < -0.4 is 0 Å². The Morgan fingerprint density at radius 1 is 0.818 bits per heavy atom. The van der Waals surface area contributed by atoms with Crippen molar-refractivity contribution in [2.24, 2.45) is 0 Å². The van der Waals surface area contributed by atoms with Crippen LogP contribution in [0.4, 0.5) is 0 Å². The van der Waals surface area contributed by atoms with E-state index in [2.05, 4.69) is 6.92 Å². The third-order valence-electron chi connectivity index (χ3n) is 3.98. The summed E-state index contributed by atoms with van der Waals surface area (Å²) in [5, 5.41) is 19.1. The lowest BCUT2D eigenvalue weighted by molar-refractivity contribution is 0.125. The Balaban J connectivity index is 1.90. The number of ether oxygens (including phenoxy) is 1. The maximum atomic E-state index is 9.70. The van der Waals surface area contributed by atoms with Crippen LogP contribution in [0.5, 0.6) is 11.5 Å². The molecule has 0 fully saturated rings. The fourth-order valence-electron chi connectivity index (χ4n) is 2.56. The molecule has 0 bridgehead atoms. The molecular weight excluding hydrogens is 276 g/mol. The van der Waals surface area contributed by atoms with Gasteiger partial charge < -0.3 is 14.9 Å². The summed E-state index contributed by atoms with van der Waals surface area (Å²) in [5.41, 5.74) is 0.836. The minimum Gasteiger partial charge on any atom is -0.504 e. The summed E-state index contributed by atoms with van der Waals surface area (Å²) < 4.78 is 5.64. The highest BCUT2D eigenvalue weighted by molar-refractivity contribution is 5.44. The molecule has 0 heterocycles. The third kappa shape index (κ3) is 8.28. The van der Waals surface area contributed by atoms with Crippen molar-refractivity contribution in [1.29, 1.82) is 0 Å². The van der Waals surface area contributed by atoms with Crippen molar-refractivity contribution in [2.75, 3.05) is 13.2 Å². The third-order valence-corrected chi connectivity index (χ3v) is 3.98. The second-order valence-corrected chi connectivity index (χ2v) is 5.98. The molecule has 0 saturated carbocycles. The zero-order valence-corrected chi connectivity index (χ0v) is 14.0. The Hall–Kier alpha value is -1.22. The molecule has 1 rings (SSSR count). The van der Waals surface area contributed by atoms with E-state index < -0.39 is 0 Å². The monoisotopic (exact) mass is 308 g/mol. The molecule has 0 saturated heterocycles. The van der Waals surface area contributed by atoms with E-state index in [0.717, 1.165) is 50.9 Å². The highest BCUT2D eigenvalue weighted by Crippen LogP contribution is 2.29. The SMILES string of the molecule is CCCCCCCOCCCCCCc1cccc(O)c1O. The molecule has 0 radical (unpaired) electrons. The van der Waals surface area contributed by atoms with Crippen molar-refractivity contribution in [3.05, 3.63) is 23.8 Å². The average molecular weight is 308 g/mol. The van der Waals surface area contributed by atoms with Gasteiger partial charge in [0.2, 0.25) is 0 Å². The Morgan fingerprint density at radius 2 is 1.45 bits per heavy atom. The van der Waals surface area contributed by atoms with Gasteiger partial charge in [-0.3, -0.25) is 0 Å². The number of phenols is 2. The fraction of sp³-hybridized carbons (Fsp3) is 0.684. The number of aromatic hydroxyl groups is 2. The van der Waals surface area contributed by atoms with E-state index in [0.29, 0.717) is 0 Å². The molecule has 1 aromatic carbocycles. The molecule has 0 spiro atoms. The number of benzene rings is 1. The van der Waals surface area contributed by atoms with Crippen LogP contribution in [0.3, 0.4) is 0 Å². The standard InChI is InChI=1S/C19H32O3/c1-2-3-4-6-9-15-22-16-10-7-5-8-12-17-13-11-14-18(20)19(17)21/h11,13-14,20-21H,2-10,12,15-16H2,1H3. The smallest absolute Gasteiger partial charge is 0.160 e. The minimum atomic E-state index is -0.0233. The number of rotatable bonds is 13. The number of unbranched alkanes of at least 4 members (excludes halogenated alkanes) is 7. The number of aryl methyl sites for hydroxylation is 1. The van der Waals surface area contributed by atoms with E-state index in [-0.39, 0.29) is 11.5 Å². The maximum Gasteiger partial charge on any atom is 0.160 e. The lowest BCUT2D eigenvalue weighted by atomic mass is 10.0. The van der Waals surface area contributed by atoms with Crippen LogP contribution in [-0.2, 0) is 11.2 Å². The summed E-state index contributed by atoms with van der Waals surface area (Å²) >= 11 is 0. The number of phenolic OH excluding ortho intramolecular Hbond substituents is 2. The van der Waals surface area contributed by atoms with E-state index in [1.807, 2.05) is 6.07 Å². The molecule has 0 aliphatic heterocycles. The number of hydrogen-bond acceptors (Lipinski definition) is 3. The Kier molecular flexibility index (Phi) is 10.6. The van der Waals surface area contributed by atoms with Crippen molar-refractivity contribution in [3.8, 4) is 11.5 Å². The molecule has 3 nitrogen and oxygen atoms in total. The van der Waals surface area contributed by atoms with Crippen molar-refractivity contribution >= 4 is 0 Å². The van der Waals surface area contributed by atoms with Gasteiger partial charge in [0.25, 0.3) is 0 Å². The summed E-state index contributed by atoms with van der Waals surface area (Å²) in [7, 11) is 0. The van der Waals surface area contributed by atoms with Crippen LogP contribution in [0, 0.1) is 0 Å². The first-order chi connectivity index (χ1) is 10.8. The summed E-state index contributed by atoms with van der Waals surface area (Å²) in [4.78, 5) is 0. The van der Waals surface area contributed by atoms with Crippen LogP contribution in [-0.4, -0.2) is 23.4 Å². The lowest BCUT2D eigenvalue weighted by Crippen LogP contribution is -1.97. The molecule has 3 heteroatoms. The van der Waals surface area contributed by atoms with Crippen molar-refractivity contribution in [2.45, 2.75) is 71.1 Å². The highest BCUT2D eigenvalue weighted by Gasteiger charge is 2.04. The van der Waals surface area contributed by atoms with Gasteiger partial charge >= 0.3 is 0 Å². The van der Waals surface area contributed by atoms with Gasteiger partial charge in [-0.05, 0) is 37.3 Å². The predicted octanol–water partition coefficient (Wildman–Crippen LogP) is 5.19. The maximum absolute atomic E-state index is 9.70. The molecular formula is C19H32O3. The van der Waals surface area contributed by atoms with Crippen LogP contribution in [0.25, 0.3) is 0 Å². The number of hydrogen-bond donors (Lipinski definition) is 2. The zero-order valence-electron chi connectivity index (χ0n) is 14.0. The molecule has 1 aromatic rings. The Labute approximate surface area is 135 Å². The quantitative estimate of drug-likeness (QED) is 0.389. The van der Waals surface area contributed by atoms with Gasteiger partial charge in [-0.25, -0.2) is 0 Å². The van der Waals surface area contributed by atoms with Gasteiger partial charge in [0.15, 0.2) is 11.5 Å². The average Bonchev–Trinajstić information content (AvgIpc) is 2.52. The summed E-state index contributed by atoms with van der Waals surface area (Å²) in [6.45, 7) is 4.00. The van der Waals surface area contributed by atoms with Gasteiger partial charge in [-0.15, -0.1) is 0 Å². The Bertz CT molecular complexity index is 390. The molecule has 0 amide bonds. The molecule has 126 valence electrons. The molecule has 2 N–H and O–H groups in total. The predicted molar refractivity (Wildman–Crippen MR) is 91.5 cm³/mol. The second kappa shape index (κ2) is 12.3. The number of para-hydroxylation sites is 1. The summed E-state index contributed by atoms with van der Waals surface area (Å²) in [6, 6.07) is 5.16. The van der Waals surface area contributed by atoms with Gasteiger partial charge in [0, 0.05) is 13.2 Å². The highest BCUT2D eigenvalue weighted by atomic mass is 16.5. The summed E-state index contributed by atoms with van der Waals surface area (Å²) in [6.07, 6.45) is 11.7. The fourth-order valence-corrected chi connectivity index (χ4v) is 2.56. The van der Waals surface area contributed by atoms with E-state index >= 15 is 0 Å². The van der Waals surface area contributed by atoms with E-state index in [4.69, 9.17) is 4.74 Å². The largest absolute Gasteiger partial charge is 0.504 e. The van der Waals surface area contributed by atoms with E-state index in [1.165, 1.54) is 38.2 Å². The van der Waals surface area contributed by atoms with Gasteiger partial charge in [-0.1, -0.05) is 57.6 Å². The van der Waals surface area contributed by atoms with Crippen molar-refractivity contribution < 1.29 is 14.9 Å². The molecule has 0 aliphatic carbocycles. The molecule has 0 aromatic heterocycles. The van der Waals surface area contributed by atoms with E-state index in [9.17, 15) is 10.2 Å². The first-order valence-corrected chi connectivity index (χ1v) is 8.83. The van der Waals surface area contributed by atoms with Crippen LogP contribution in [0.2, 0.25) is 0 Å². The van der Waals surface area contributed by atoms with Crippen LogP contribution in [0.15, 0.2) is 18.2 Å². The van der Waals surface area contributed by atoms with Crippen LogP contribution in [0.1, 0.15) is 70.3 Å². The first-order valence-electron chi connectivity index (χ1n) is 8.83. The van der Waals surface area contributed by atoms with Crippen molar-refractivity contribution in [1.82, 2.24) is 0 Å². The topological polar surface area (TPSA) is 49.7 Å². The minimum absolute atomic E-state index is 0.0233. The van der Waals surface area contributed by atoms with Gasteiger partial charge in [0.05, 0.1) is 0 Å². The molecule has 0 atom stereocenters. The second-order valence-electron chi connectivity index (χ2n) is 5.98. The van der Waals surface area contributed by atoms with Crippen molar-refractivity contribution in [3.63, 3.8) is 0 Å². The van der Waals surface area contributed by atoms with Gasteiger partial charge in [-0.2, -0.15) is 0 Å². The van der Waals surface area contributed by atoms with E-state index in [1.54, 1.807) is 6.07 Å². The molecule has 22 heavy (non-hydrogen) atoms. The molecule has 0 aliphatic rings. The molecule has 0 unspecified atom stereocenters.